The van der Waals surface area contributed by atoms with Crippen LogP contribution in [0.4, 0.5) is 17.5 Å². The molecule has 6 nitrogen and oxygen atoms in total. The van der Waals surface area contributed by atoms with E-state index in [2.05, 4.69) is 63.7 Å². The summed E-state index contributed by atoms with van der Waals surface area (Å²) in [5, 5.41) is 14.4. The van der Waals surface area contributed by atoms with Crippen molar-refractivity contribution in [2.75, 3.05) is 10.6 Å². The van der Waals surface area contributed by atoms with Gasteiger partial charge in [-0.25, -0.2) is 0 Å². The van der Waals surface area contributed by atoms with Gasteiger partial charge in [0.25, 0.3) is 0 Å². The van der Waals surface area contributed by atoms with Crippen LogP contribution in [0.15, 0.2) is 54.9 Å². The fourth-order valence-corrected chi connectivity index (χ4v) is 2.31. The fourth-order valence-electron chi connectivity index (χ4n) is 2.31. The summed E-state index contributed by atoms with van der Waals surface area (Å²) < 4.78 is 0. The Morgan fingerprint density at radius 3 is 2.48 bits per heavy atom. The van der Waals surface area contributed by atoms with Gasteiger partial charge in [0.1, 0.15) is 0 Å². The van der Waals surface area contributed by atoms with Gasteiger partial charge in [-0.2, -0.15) is 10.1 Å². The molecular weight excluding hydrogens is 312 g/mol. The highest BCUT2D eigenvalue weighted by Gasteiger charge is 2.13. The molecule has 0 aliphatic carbocycles. The monoisotopic (exact) mass is 334 g/mol. The highest BCUT2D eigenvalue weighted by atomic mass is 15.3. The van der Waals surface area contributed by atoms with Gasteiger partial charge < -0.3 is 10.6 Å². The van der Waals surface area contributed by atoms with E-state index in [0.717, 1.165) is 11.4 Å². The maximum atomic E-state index is 4.43. The Kier molecular flexibility index (Phi) is 4.88. The van der Waals surface area contributed by atoms with Gasteiger partial charge >= 0.3 is 0 Å². The highest BCUT2D eigenvalue weighted by molar-refractivity contribution is 5.55. The normalized spacial score (nSPS) is 11.2. The van der Waals surface area contributed by atoms with Crippen LogP contribution < -0.4 is 10.6 Å². The molecule has 0 atom stereocenters. The minimum Gasteiger partial charge on any atom is -0.363 e. The number of pyridine rings is 1. The first-order valence-corrected chi connectivity index (χ1v) is 8.22. The summed E-state index contributed by atoms with van der Waals surface area (Å²) in [4.78, 5) is 8.70. The molecule has 25 heavy (non-hydrogen) atoms. The van der Waals surface area contributed by atoms with Crippen molar-refractivity contribution in [2.45, 2.75) is 32.7 Å². The van der Waals surface area contributed by atoms with E-state index < -0.39 is 0 Å². The highest BCUT2D eigenvalue weighted by Crippen LogP contribution is 2.24. The van der Waals surface area contributed by atoms with E-state index in [0.29, 0.717) is 18.3 Å². The molecule has 0 saturated heterocycles. The Labute approximate surface area is 147 Å². The van der Waals surface area contributed by atoms with E-state index in [-0.39, 0.29) is 5.41 Å². The molecule has 3 rings (SSSR count). The van der Waals surface area contributed by atoms with Gasteiger partial charge in [-0.3, -0.25) is 4.98 Å². The Morgan fingerprint density at radius 2 is 1.80 bits per heavy atom. The van der Waals surface area contributed by atoms with E-state index in [1.807, 2.05) is 30.3 Å². The first-order chi connectivity index (χ1) is 12.0. The molecule has 0 radical (unpaired) electrons. The van der Waals surface area contributed by atoms with Gasteiger partial charge in [0.05, 0.1) is 18.4 Å². The topological polar surface area (TPSA) is 75.6 Å². The summed E-state index contributed by atoms with van der Waals surface area (Å²) in [7, 11) is 0. The number of rotatable bonds is 5. The zero-order chi connectivity index (χ0) is 17.7. The first kappa shape index (κ1) is 16.8. The number of aromatic nitrogens is 4. The Balaban J connectivity index is 1.65. The predicted molar refractivity (Wildman–Crippen MR) is 99.8 cm³/mol. The lowest BCUT2D eigenvalue weighted by Crippen LogP contribution is -2.10. The van der Waals surface area contributed by atoms with E-state index in [9.17, 15) is 0 Å². The van der Waals surface area contributed by atoms with Crippen LogP contribution in [0.25, 0.3) is 0 Å². The van der Waals surface area contributed by atoms with Crippen molar-refractivity contribution >= 4 is 17.5 Å². The SMILES string of the molecule is CC(C)(C)c1ccc(Nc2nncc(NCc3ccccn3)n2)cc1. The molecule has 0 fully saturated rings. The molecular formula is C19H22N6. The number of nitrogens with one attached hydrogen (secondary N) is 2. The summed E-state index contributed by atoms with van der Waals surface area (Å²) in [5.74, 6) is 1.10. The maximum absolute atomic E-state index is 4.43. The van der Waals surface area contributed by atoms with Gasteiger partial charge in [0.2, 0.25) is 5.95 Å². The standard InChI is InChI=1S/C19H22N6/c1-19(2,3)14-7-9-15(10-8-14)23-18-24-17(13-22-25-18)21-12-16-6-4-5-11-20-16/h4-11,13H,12H2,1-3H3,(H2,21,23,24,25). The van der Waals surface area contributed by atoms with Crippen molar-refractivity contribution in [3.05, 3.63) is 66.1 Å². The summed E-state index contributed by atoms with van der Waals surface area (Å²) in [6.45, 7) is 7.16. The third-order valence-corrected chi connectivity index (χ3v) is 3.74. The van der Waals surface area contributed by atoms with Crippen LogP contribution in [0, 0.1) is 0 Å². The minimum absolute atomic E-state index is 0.131. The van der Waals surface area contributed by atoms with Crippen LogP contribution in [0.1, 0.15) is 32.0 Å². The lowest BCUT2D eigenvalue weighted by atomic mass is 9.87. The van der Waals surface area contributed by atoms with Gasteiger partial charge in [0.15, 0.2) is 5.82 Å². The molecule has 2 heterocycles. The van der Waals surface area contributed by atoms with Crippen LogP contribution >= 0.6 is 0 Å². The molecule has 6 heteroatoms. The van der Waals surface area contributed by atoms with Crippen LogP contribution in [0.5, 0.6) is 0 Å². The van der Waals surface area contributed by atoms with Crippen molar-refractivity contribution in [3.8, 4) is 0 Å². The van der Waals surface area contributed by atoms with E-state index >= 15 is 0 Å². The van der Waals surface area contributed by atoms with Crippen molar-refractivity contribution in [1.29, 1.82) is 0 Å². The zero-order valence-corrected chi connectivity index (χ0v) is 14.7. The lowest BCUT2D eigenvalue weighted by Gasteiger charge is -2.19. The predicted octanol–water partition coefficient (Wildman–Crippen LogP) is 3.92. The summed E-state index contributed by atoms with van der Waals surface area (Å²) in [6, 6.07) is 14.1. The van der Waals surface area contributed by atoms with E-state index in [1.54, 1.807) is 12.4 Å². The summed E-state index contributed by atoms with van der Waals surface area (Å²) in [5.41, 5.74) is 3.28. The number of hydrogen-bond donors (Lipinski definition) is 2. The largest absolute Gasteiger partial charge is 0.363 e. The van der Waals surface area contributed by atoms with Gasteiger partial charge in [-0.15, -0.1) is 5.10 Å². The number of benzene rings is 1. The first-order valence-electron chi connectivity index (χ1n) is 8.22. The molecule has 0 saturated carbocycles. The van der Waals surface area contributed by atoms with Crippen LogP contribution in [-0.2, 0) is 12.0 Å². The average Bonchev–Trinajstić information content (AvgIpc) is 2.61. The zero-order valence-electron chi connectivity index (χ0n) is 14.7. The lowest BCUT2D eigenvalue weighted by molar-refractivity contribution is 0.590. The molecule has 2 aromatic heterocycles. The molecule has 3 aromatic rings. The number of nitrogens with zero attached hydrogens (tertiary/aromatic N) is 4. The number of anilines is 3. The van der Waals surface area contributed by atoms with Gasteiger partial charge in [-0.05, 0) is 35.2 Å². The van der Waals surface area contributed by atoms with Crippen LogP contribution in [0.3, 0.4) is 0 Å². The molecule has 0 spiro atoms. The molecule has 2 N–H and O–H groups in total. The van der Waals surface area contributed by atoms with Crippen molar-refractivity contribution in [3.63, 3.8) is 0 Å². The Bertz CT molecular complexity index is 809. The third-order valence-electron chi connectivity index (χ3n) is 3.74. The summed E-state index contributed by atoms with van der Waals surface area (Å²) in [6.07, 6.45) is 3.36. The smallest absolute Gasteiger partial charge is 0.249 e. The molecule has 0 bridgehead atoms. The second-order valence-electron chi connectivity index (χ2n) is 6.79. The second kappa shape index (κ2) is 7.25. The molecule has 128 valence electrons. The second-order valence-corrected chi connectivity index (χ2v) is 6.79. The fraction of sp³-hybridized carbons (Fsp3) is 0.263. The molecule has 0 amide bonds. The average molecular weight is 334 g/mol. The maximum Gasteiger partial charge on any atom is 0.249 e. The molecule has 1 aromatic carbocycles. The molecule has 0 unspecified atom stereocenters. The van der Waals surface area contributed by atoms with Crippen molar-refractivity contribution in [1.82, 2.24) is 20.2 Å². The van der Waals surface area contributed by atoms with Gasteiger partial charge in [0, 0.05) is 11.9 Å². The van der Waals surface area contributed by atoms with E-state index in [1.165, 1.54) is 5.56 Å². The molecule has 0 aliphatic rings. The minimum atomic E-state index is 0.131. The van der Waals surface area contributed by atoms with Crippen LogP contribution in [-0.4, -0.2) is 20.2 Å². The summed E-state index contributed by atoms with van der Waals surface area (Å²) >= 11 is 0. The Hall–Kier alpha value is -3.02. The Morgan fingerprint density at radius 1 is 1.00 bits per heavy atom. The van der Waals surface area contributed by atoms with Crippen LogP contribution in [0.2, 0.25) is 0 Å². The van der Waals surface area contributed by atoms with Crippen molar-refractivity contribution in [2.24, 2.45) is 0 Å². The molecule has 0 aliphatic heterocycles. The van der Waals surface area contributed by atoms with E-state index in [4.69, 9.17) is 0 Å². The quantitative estimate of drug-likeness (QED) is 0.736. The third kappa shape index (κ3) is 4.73. The van der Waals surface area contributed by atoms with Gasteiger partial charge in [-0.1, -0.05) is 39.0 Å². The van der Waals surface area contributed by atoms with Crippen molar-refractivity contribution < 1.29 is 0 Å². The number of hydrogen-bond acceptors (Lipinski definition) is 6.